The third kappa shape index (κ3) is 1.27. The van der Waals surface area contributed by atoms with Crippen LogP contribution in [-0.2, 0) is 0 Å². The molecule has 1 heterocycles. The van der Waals surface area contributed by atoms with Gasteiger partial charge in [0.15, 0.2) is 17.4 Å². The van der Waals surface area contributed by atoms with Crippen LogP contribution in [0.25, 0.3) is 0 Å². The monoisotopic (exact) mass is 198 g/mol. The molecule has 1 aliphatic rings. The lowest BCUT2D eigenvalue weighted by Crippen LogP contribution is -2.25. The van der Waals surface area contributed by atoms with Gasteiger partial charge in [-0.1, -0.05) is 0 Å². The van der Waals surface area contributed by atoms with Crippen LogP contribution in [0.3, 0.4) is 0 Å². The number of fused-ring (bicyclic) bond motifs is 1. The molecule has 0 bridgehead atoms. The highest BCUT2D eigenvalue weighted by atomic mass is 19.2. The molecule has 0 saturated heterocycles. The number of hydrogen-bond acceptors (Lipinski definition) is 2. The molecule has 1 aromatic carbocycles. The predicted molar refractivity (Wildman–Crippen MR) is 45.4 cm³/mol. The van der Waals surface area contributed by atoms with E-state index in [2.05, 4.69) is 0 Å². The van der Waals surface area contributed by atoms with E-state index in [0.29, 0.717) is 0 Å². The summed E-state index contributed by atoms with van der Waals surface area (Å²) >= 11 is 0. The summed E-state index contributed by atoms with van der Waals surface area (Å²) in [5.41, 5.74) is -0.261. The van der Waals surface area contributed by atoms with E-state index in [0.717, 1.165) is 6.07 Å². The van der Waals surface area contributed by atoms with E-state index in [1.165, 1.54) is 6.07 Å². The van der Waals surface area contributed by atoms with E-state index in [1.54, 1.807) is 6.92 Å². The Balaban J connectivity index is 2.60. The first-order valence-electron chi connectivity index (χ1n) is 4.27. The summed E-state index contributed by atoms with van der Waals surface area (Å²) in [6.07, 6.45) is -0.187. The zero-order valence-corrected chi connectivity index (χ0v) is 7.51. The van der Waals surface area contributed by atoms with Gasteiger partial charge in [0.1, 0.15) is 11.9 Å². The lowest BCUT2D eigenvalue weighted by molar-refractivity contribution is 0.0862. The Kier molecular flexibility index (Phi) is 1.98. The van der Waals surface area contributed by atoms with Crippen molar-refractivity contribution in [1.82, 2.24) is 0 Å². The zero-order chi connectivity index (χ0) is 10.3. The molecule has 14 heavy (non-hydrogen) atoms. The van der Waals surface area contributed by atoms with Gasteiger partial charge >= 0.3 is 0 Å². The van der Waals surface area contributed by atoms with Gasteiger partial charge in [0.05, 0.1) is 5.56 Å². The molecule has 0 N–H and O–H groups in total. The van der Waals surface area contributed by atoms with Crippen molar-refractivity contribution in [2.45, 2.75) is 19.4 Å². The molecule has 74 valence electrons. The van der Waals surface area contributed by atoms with Crippen molar-refractivity contribution in [1.29, 1.82) is 0 Å². The highest BCUT2D eigenvalue weighted by Crippen LogP contribution is 2.30. The Morgan fingerprint density at radius 1 is 1.43 bits per heavy atom. The second kappa shape index (κ2) is 3.04. The fourth-order valence-electron chi connectivity index (χ4n) is 1.51. The Morgan fingerprint density at radius 2 is 2.14 bits per heavy atom. The first kappa shape index (κ1) is 9.12. The van der Waals surface area contributed by atoms with Crippen LogP contribution in [0.15, 0.2) is 12.1 Å². The molecular weight excluding hydrogens is 190 g/mol. The van der Waals surface area contributed by atoms with Gasteiger partial charge in [-0.3, -0.25) is 4.79 Å². The average molecular weight is 198 g/mol. The van der Waals surface area contributed by atoms with E-state index in [-0.39, 0.29) is 23.8 Å². The number of benzene rings is 1. The minimum Gasteiger partial charge on any atom is -0.489 e. The molecule has 2 rings (SSSR count). The molecule has 0 radical (unpaired) electrons. The first-order chi connectivity index (χ1) is 6.59. The molecule has 1 aliphatic heterocycles. The molecule has 0 spiro atoms. The molecule has 1 atom stereocenters. The maximum atomic E-state index is 13.2. The standard InChI is InChI=1S/C10H8F2O2/c1-5-4-7(13)9-8(14-5)3-2-6(11)10(9)12/h2-3,5H,4H2,1H3/t5-/m0/s1. The number of Topliss-reactive ketones (excluding diaryl/α,β-unsaturated/α-hetero) is 1. The minimum absolute atomic E-state index is 0.0906. The third-order valence-corrected chi connectivity index (χ3v) is 2.14. The SMILES string of the molecule is C[C@H]1CC(=O)c2c(ccc(F)c2F)O1. The summed E-state index contributed by atoms with van der Waals surface area (Å²) in [4.78, 5) is 11.4. The summed E-state index contributed by atoms with van der Waals surface area (Å²) < 4.78 is 31.2. The minimum atomic E-state index is -1.11. The number of rotatable bonds is 0. The van der Waals surface area contributed by atoms with Gasteiger partial charge in [-0.05, 0) is 19.1 Å². The van der Waals surface area contributed by atoms with Gasteiger partial charge in [0.2, 0.25) is 0 Å². The van der Waals surface area contributed by atoms with Crippen LogP contribution < -0.4 is 4.74 Å². The molecule has 0 fully saturated rings. The van der Waals surface area contributed by atoms with E-state index in [9.17, 15) is 13.6 Å². The Hall–Kier alpha value is -1.45. The lowest BCUT2D eigenvalue weighted by atomic mass is 10.0. The topological polar surface area (TPSA) is 26.3 Å². The Morgan fingerprint density at radius 3 is 2.86 bits per heavy atom. The Labute approximate surface area is 79.5 Å². The van der Waals surface area contributed by atoms with Crippen molar-refractivity contribution in [3.8, 4) is 5.75 Å². The molecular formula is C10H8F2O2. The maximum Gasteiger partial charge on any atom is 0.173 e. The number of carbonyl (C=O) groups is 1. The summed E-state index contributed by atoms with van der Waals surface area (Å²) in [6, 6.07) is 2.24. The number of carbonyl (C=O) groups excluding carboxylic acids is 1. The van der Waals surface area contributed by atoms with E-state index in [4.69, 9.17) is 4.74 Å². The van der Waals surface area contributed by atoms with Gasteiger partial charge in [0, 0.05) is 6.42 Å². The number of hydrogen-bond donors (Lipinski definition) is 0. The van der Waals surface area contributed by atoms with Gasteiger partial charge in [-0.15, -0.1) is 0 Å². The summed E-state index contributed by atoms with van der Waals surface area (Å²) in [5, 5.41) is 0. The van der Waals surface area contributed by atoms with Gasteiger partial charge < -0.3 is 4.74 Å². The van der Waals surface area contributed by atoms with Gasteiger partial charge in [-0.25, -0.2) is 8.78 Å². The van der Waals surface area contributed by atoms with Crippen molar-refractivity contribution in [3.63, 3.8) is 0 Å². The molecule has 0 aromatic heterocycles. The number of ketones is 1. The molecule has 2 nitrogen and oxygen atoms in total. The van der Waals surface area contributed by atoms with Crippen molar-refractivity contribution >= 4 is 5.78 Å². The summed E-state index contributed by atoms with van der Waals surface area (Å²) in [7, 11) is 0. The molecule has 0 aliphatic carbocycles. The lowest BCUT2D eigenvalue weighted by Gasteiger charge is -2.22. The second-order valence-corrected chi connectivity index (χ2v) is 3.29. The second-order valence-electron chi connectivity index (χ2n) is 3.29. The van der Waals surface area contributed by atoms with Crippen LogP contribution in [0.2, 0.25) is 0 Å². The van der Waals surface area contributed by atoms with E-state index >= 15 is 0 Å². The molecule has 4 heteroatoms. The first-order valence-corrected chi connectivity index (χ1v) is 4.27. The summed E-state index contributed by atoms with van der Waals surface area (Å²) in [5.74, 6) is -2.40. The molecule has 0 saturated carbocycles. The van der Waals surface area contributed by atoms with E-state index in [1.807, 2.05) is 0 Å². The van der Waals surface area contributed by atoms with Crippen LogP contribution in [0.4, 0.5) is 8.78 Å². The van der Waals surface area contributed by atoms with Crippen LogP contribution >= 0.6 is 0 Å². The largest absolute Gasteiger partial charge is 0.489 e. The van der Waals surface area contributed by atoms with E-state index < -0.39 is 17.4 Å². The number of ether oxygens (including phenoxy) is 1. The third-order valence-electron chi connectivity index (χ3n) is 2.14. The Bertz CT molecular complexity index is 401. The zero-order valence-electron chi connectivity index (χ0n) is 7.51. The van der Waals surface area contributed by atoms with Crippen LogP contribution in [0, 0.1) is 11.6 Å². The van der Waals surface area contributed by atoms with Crippen molar-refractivity contribution in [2.24, 2.45) is 0 Å². The molecule has 0 unspecified atom stereocenters. The fourth-order valence-corrected chi connectivity index (χ4v) is 1.51. The van der Waals surface area contributed by atoms with Crippen LogP contribution in [0.5, 0.6) is 5.75 Å². The highest BCUT2D eigenvalue weighted by molar-refractivity contribution is 6.00. The van der Waals surface area contributed by atoms with Gasteiger partial charge in [0.25, 0.3) is 0 Å². The summed E-state index contributed by atoms with van der Waals surface area (Å²) in [6.45, 7) is 1.71. The normalized spacial score (nSPS) is 20.2. The van der Waals surface area contributed by atoms with Gasteiger partial charge in [-0.2, -0.15) is 0 Å². The van der Waals surface area contributed by atoms with Crippen molar-refractivity contribution in [2.75, 3.05) is 0 Å². The highest BCUT2D eigenvalue weighted by Gasteiger charge is 2.28. The van der Waals surface area contributed by atoms with Crippen molar-refractivity contribution < 1.29 is 18.3 Å². The average Bonchev–Trinajstić information content (AvgIpc) is 2.10. The molecule has 0 amide bonds. The fraction of sp³-hybridized carbons (Fsp3) is 0.300. The smallest absolute Gasteiger partial charge is 0.173 e. The predicted octanol–water partition coefficient (Wildman–Crippen LogP) is 2.32. The number of halogens is 2. The van der Waals surface area contributed by atoms with Crippen LogP contribution in [0.1, 0.15) is 23.7 Å². The quantitative estimate of drug-likeness (QED) is 0.639. The van der Waals surface area contributed by atoms with Crippen LogP contribution in [-0.4, -0.2) is 11.9 Å². The molecule has 1 aromatic rings. The maximum absolute atomic E-state index is 13.2. The van der Waals surface area contributed by atoms with Crippen molar-refractivity contribution in [3.05, 3.63) is 29.3 Å².